The van der Waals surface area contributed by atoms with Gasteiger partial charge in [0.25, 0.3) is 0 Å². The van der Waals surface area contributed by atoms with E-state index in [1.54, 1.807) is 6.92 Å². The van der Waals surface area contributed by atoms with E-state index in [0.29, 0.717) is 5.56 Å². The van der Waals surface area contributed by atoms with Gasteiger partial charge in [0.2, 0.25) is 0 Å². The third kappa shape index (κ3) is 4.15. The topological polar surface area (TPSA) is 99.2 Å². The van der Waals surface area contributed by atoms with Crippen molar-refractivity contribution in [1.29, 1.82) is 0 Å². The molecule has 2 rings (SSSR count). The third-order valence-corrected chi connectivity index (χ3v) is 3.36. The average Bonchev–Trinajstić information content (AvgIpc) is 2.61. The van der Waals surface area contributed by atoms with Crippen LogP contribution in [0.5, 0.6) is 0 Å². The van der Waals surface area contributed by atoms with Crippen molar-refractivity contribution in [2.75, 3.05) is 18.6 Å². The Morgan fingerprint density at radius 2 is 1.85 bits per heavy atom. The van der Waals surface area contributed by atoms with Crippen molar-refractivity contribution in [2.24, 2.45) is 0 Å². The number of cyclic esters (lactones) is 1. The highest BCUT2D eigenvalue weighted by atomic mass is 16.5. The molecular weight excluding hydrogens is 342 g/mol. The molecule has 1 aromatic rings. The van der Waals surface area contributed by atoms with Crippen LogP contribution < -0.4 is 4.90 Å². The Hall–Kier alpha value is -3.42. The number of carbonyl (C=O) groups is 4. The molecule has 0 aromatic heterocycles. The Bertz CT molecular complexity index is 805. The second-order valence-electron chi connectivity index (χ2n) is 5.16. The van der Waals surface area contributed by atoms with Gasteiger partial charge in [-0.15, -0.1) is 0 Å². The molecule has 0 saturated heterocycles. The summed E-state index contributed by atoms with van der Waals surface area (Å²) in [4.78, 5) is 48.7. The second-order valence-corrected chi connectivity index (χ2v) is 5.16. The van der Waals surface area contributed by atoms with E-state index in [1.807, 2.05) is 0 Å². The summed E-state index contributed by atoms with van der Waals surface area (Å²) in [6.45, 7) is 3.39. The molecule has 0 saturated carbocycles. The first-order valence-corrected chi connectivity index (χ1v) is 7.68. The van der Waals surface area contributed by atoms with E-state index in [-0.39, 0.29) is 23.6 Å². The van der Waals surface area contributed by atoms with Crippen molar-refractivity contribution in [3.8, 4) is 0 Å². The molecule has 0 bridgehead atoms. The van der Waals surface area contributed by atoms with Gasteiger partial charge in [0.15, 0.2) is 5.78 Å². The highest BCUT2D eigenvalue weighted by molar-refractivity contribution is 6.24. The van der Waals surface area contributed by atoms with Gasteiger partial charge in [-0.25, -0.2) is 14.4 Å². The van der Waals surface area contributed by atoms with Gasteiger partial charge in [0.1, 0.15) is 11.3 Å². The monoisotopic (exact) mass is 359 g/mol. The zero-order chi connectivity index (χ0) is 19.3. The van der Waals surface area contributed by atoms with Crippen molar-refractivity contribution in [2.45, 2.75) is 13.8 Å². The zero-order valence-corrected chi connectivity index (χ0v) is 14.5. The molecule has 0 aliphatic carbocycles. The minimum atomic E-state index is -0.868. The van der Waals surface area contributed by atoms with Gasteiger partial charge in [-0.2, -0.15) is 0 Å². The van der Waals surface area contributed by atoms with Crippen LogP contribution in [0.3, 0.4) is 0 Å². The Morgan fingerprint density at radius 1 is 1.19 bits per heavy atom. The predicted octanol–water partition coefficient (Wildman–Crippen LogP) is 2.35. The van der Waals surface area contributed by atoms with Gasteiger partial charge in [0, 0.05) is 12.3 Å². The van der Waals surface area contributed by atoms with Crippen molar-refractivity contribution in [3.63, 3.8) is 0 Å². The van der Waals surface area contributed by atoms with E-state index in [4.69, 9.17) is 9.47 Å². The number of carbonyl (C=O) groups excluding carboxylic acids is 4. The number of nitrogens with zero attached hydrogens (tertiary/aromatic N) is 1. The lowest BCUT2D eigenvalue weighted by molar-refractivity contribution is -0.137. The number of benzene rings is 1. The summed E-state index contributed by atoms with van der Waals surface area (Å²) in [5.74, 6) is -1.79. The molecule has 1 aromatic carbocycles. The Kier molecular flexibility index (Phi) is 5.90. The van der Waals surface area contributed by atoms with Gasteiger partial charge in [0.05, 0.1) is 25.0 Å². The lowest BCUT2D eigenvalue weighted by Gasteiger charge is -2.19. The Morgan fingerprint density at radius 3 is 2.38 bits per heavy atom. The van der Waals surface area contributed by atoms with Crippen LogP contribution in [0.1, 0.15) is 24.2 Å². The summed E-state index contributed by atoms with van der Waals surface area (Å²) >= 11 is 0. The third-order valence-electron chi connectivity index (χ3n) is 3.36. The summed E-state index contributed by atoms with van der Waals surface area (Å²) in [6.07, 6.45) is 1.36. The number of rotatable bonds is 4. The number of allylic oxidation sites excluding steroid dienone is 2. The highest BCUT2D eigenvalue weighted by Gasteiger charge is 2.27. The first-order valence-electron chi connectivity index (χ1n) is 7.68. The van der Waals surface area contributed by atoms with Crippen LogP contribution in [0.4, 0.5) is 10.5 Å². The number of hydrogen-bond donors (Lipinski definition) is 0. The number of anilines is 1. The summed E-state index contributed by atoms with van der Waals surface area (Å²) in [5.41, 5.74) is 0.250. The summed E-state index contributed by atoms with van der Waals surface area (Å²) in [6, 6.07) is 5.82. The molecule has 0 unspecified atom stereocenters. The largest absolute Gasteiger partial charge is 0.462 e. The zero-order valence-electron chi connectivity index (χ0n) is 14.5. The predicted molar refractivity (Wildman–Crippen MR) is 90.2 cm³/mol. The molecule has 0 spiro atoms. The molecule has 1 aliphatic heterocycles. The van der Waals surface area contributed by atoms with E-state index in [2.05, 4.69) is 4.74 Å². The van der Waals surface area contributed by atoms with Crippen LogP contribution in [-0.2, 0) is 23.8 Å². The molecule has 0 N–H and O–H groups in total. The van der Waals surface area contributed by atoms with Crippen molar-refractivity contribution in [3.05, 3.63) is 53.4 Å². The number of ketones is 1. The van der Waals surface area contributed by atoms with Crippen LogP contribution in [0.15, 0.2) is 47.9 Å². The van der Waals surface area contributed by atoms with Crippen LogP contribution >= 0.6 is 0 Å². The quantitative estimate of drug-likeness (QED) is 0.352. The Balaban J connectivity index is 2.38. The van der Waals surface area contributed by atoms with Crippen molar-refractivity contribution < 1.29 is 33.4 Å². The molecule has 26 heavy (non-hydrogen) atoms. The molecule has 8 nitrogen and oxygen atoms in total. The van der Waals surface area contributed by atoms with E-state index >= 15 is 0 Å². The number of esters is 2. The maximum atomic E-state index is 12.1. The SMILES string of the molecule is CCOC(=O)c1ccc(N(C=C2C(=O)C=C(C)OC2=O)C(=O)OC)cc1. The molecule has 0 radical (unpaired) electrons. The molecule has 0 fully saturated rings. The maximum absolute atomic E-state index is 12.1. The van der Waals surface area contributed by atoms with Gasteiger partial charge < -0.3 is 14.2 Å². The lowest BCUT2D eigenvalue weighted by Crippen LogP contribution is -2.29. The molecule has 136 valence electrons. The summed E-state index contributed by atoms with van der Waals surface area (Å²) < 4.78 is 14.5. The minimum absolute atomic E-state index is 0.167. The van der Waals surface area contributed by atoms with E-state index in [0.717, 1.165) is 24.3 Å². The van der Waals surface area contributed by atoms with Gasteiger partial charge in [-0.3, -0.25) is 9.69 Å². The molecule has 0 atom stereocenters. The van der Waals surface area contributed by atoms with E-state index < -0.39 is 23.8 Å². The molecular formula is C18H17NO7. The van der Waals surface area contributed by atoms with Crippen molar-refractivity contribution >= 4 is 29.5 Å². The average molecular weight is 359 g/mol. The summed E-state index contributed by atoms with van der Waals surface area (Å²) in [7, 11) is 1.16. The second kappa shape index (κ2) is 8.11. The Labute approximate surface area is 149 Å². The van der Waals surface area contributed by atoms with E-state index in [9.17, 15) is 19.2 Å². The van der Waals surface area contributed by atoms with E-state index in [1.165, 1.54) is 31.2 Å². The van der Waals surface area contributed by atoms with Gasteiger partial charge >= 0.3 is 18.0 Å². The molecule has 1 heterocycles. The summed E-state index contributed by atoms with van der Waals surface area (Å²) in [5, 5.41) is 0. The highest BCUT2D eigenvalue weighted by Crippen LogP contribution is 2.21. The normalized spacial score (nSPS) is 15.2. The van der Waals surface area contributed by atoms with Crippen LogP contribution in [0.2, 0.25) is 0 Å². The first kappa shape index (κ1) is 18.9. The number of methoxy groups -OCH3 is 1. The fourth-order valence-corrected chi connectivity index (χ4v) is 2.14. The molecule has 1 amide bonds. The first-order chi connectivity index (χ1) is 12.4. The van der Waals surface area contributed by atoms with Gasteiger partial charge in [-0.05, 0) is 38.1 Å². The molecule has 1 aliphatic rings. The van der Waals surface area contributed by atoms with Crippen molar-refractivity contribution in [1.82, 2.24) is 0 Å². The maximum Gasteiger partial charge on any atom is 0.418 e. The molecule has 8 heteroatoms. The van der Waals surface area contributed by atoms with Crippen LogP contribution in [0.25, 0.3) is 0 Å². The number of hydrogen-bond acceptors (Lipinski definition) is 7. The number of ether oxygens (including phenoxy) is 3. The minimum Gasteiger partial charge on any atom is -0.462 e. The number of amides is 1. The fraction of sp³-hybridized carbons (Fsp3) is 0.222. The lowest BCUT2D eigenvalue weighted by atomic mass is 10.1. The van der Waals surface area contributed by atoms with Crippen LogP contribution in [0, 0.1) is 0 Å². The van der Waals surface area contributed by atoms with Crippen LogP contribution in [-0.4, -0.2) is 37.5 Å². The standard InChI is InChI=1S/C18H17NO7/c1-4-25-16(21)12-5-7-13(8-6-12)19(18(23)24-3)10-14-15(20)9-11(2)26-17(14)22/h5-10H,4H2,1-3H3. The fourth-order valence-electron chi connectivity index (χ4n) is 2.14. The smallest absolute Gasteiger partial charge is 0.418 e. The van der Waals surface area contributed by atoms with Gasteiger partial charge in [-0.1, -0.05) is 0 Å².